The Kier molecular flexibility index (Phi) is 4.91. The van der Waals surface area contributed by atoms with Gasteiger partial charge in [-0.25, -0.2) is 4.79 Å². The monoisotopic (exact) mass is 297 g/mol. The van der Waals surface area contributed by atoms with Crippen molar-refractivity contribution in [2.75, 3.05) is 19.8 Å². The summed E-state index contributed by atoms with van der Waals surface area (Å²) in [5, 5.41) is 9.21. The van der Waals surface area contributed by atoms with E-state index >= 15 is 0 Å². The number of carboxylic acid groups (broad SMARTS) is 1. The molecule has 1 amide bonds. The fraction of sp³-hybridized carbons (Fsp3) is 0.875. The number of carbonyl (C=O) groups is 2. The van der Waals surface area contributed by atoms with E-state index in [1.165, 1.54) is 11.3 Å². The molecule has 2 aliphatic rings. The van der Waals surface area contributed by atoms with Gasteiger partial charge >= 0.3 is 5.97 Å². The normalized spacial score (nSPS) is 32.7. The van der Waals surface area contributed by atoms with Gasteiger partial charge in [-0.1, -0.05) is 20.8 Å². The molecule has 2 fully saturated rings. The summed E-state index contributed by atoms with van der Waals surface area (Å²) in [6.07, 6.45) is 3.78. The highest BCUT2D eigenvalue weighted by molar-refractivity contribution is 5.84. The molecule has 0 radical (unpaired) electrons. The molecule has 0 aromatic carbocycles. The molecule has 0 bridgehead atoms. The number of amides is 1. The average molecular weight is 297 g/mol. The zero-order valence-electron chi connectivity index (χ0n) is 13.3. The van der Waals surface area contributed by atoms with Crippen molar-refractivity contribution >= 4 is 11.9 Å². The summed E-state index contributed by atoms with van der Waals surface area (Å²) in [4.78, 5) is 25.2. The van der Waals surface area contributed by atoms with Crippen LogP contribution in [0.2, 0.25) is 0 Å². The van der Waals surface area contributed by atoms with Crippen molar-refractivity contribution < 1.29 is 19.4 Å². The Morgan fingerprint density at radius 1 is 1.33 bits per heavy atom. The lowest BCUT2D eigenvalue weighted by atomic mass is 9.67. The predicted octanol–water partition coefficient (Wildman–Crippen LogP) is 2.15. The maximum atomic E-state index is 12.5. The molecule has 5 heteroatoms. The van der Waals surface area contributed by atoms with E-state index in [0.717, 1.165) is 12.8 Å². The molecule has 2 rings (SSSR count). The maximum absolute atomic E-state index is 12.5. The topological polar surface area (TPSA) is 66.8 Å². The standard InChI is InChI=1S/C16H27NO4/c1-11-6-12(9-16(2,3)8-11)7-14(18)17-4-5-21-10-13(17)15(19)20/h11-13H,4-10H2,1-3H3,(H,19,20). The number of aliphatic carboxylic acids is 1. The van der Waals surface area contributed by atoms with Crippen LogP contribution < -0.4 is 0 Å². The zero-order valence-corrected chi connectivity index (χ0v) is 13.3. The van der Waals surface area contributed by atoms with Gasteiger partial charge in [-0.3, -0.25) is 4.79 Å². The second kappa shape index (κ2) is 6.34. The molecule has 0 spiro atoms. The summed E-state index contributed by atoms with van der Waals surface area (Å²) < 4.78 is 5.19. The number of morpholine rings is 1. The fourth-order valence-corrected chi connectivity index (χ4v) is 4.17. The highest BCUT2D eigenvalue weighted by Gasteiger charge is 2.37. The van der Waals surface area contributed by atoms with Crippen molar-refractivity contribution in [2.45, 2.75) is 52.5 Å². The molecule has 1 saturated heterocycles. The van der Waals surface area contributed by atoms with Gasteiger partial charge in [0.05, 0.1) is 13.2 Å². The van der Waals surface area contributed by atoms with Crippen LogP contribution in [-0.2, 0) is 14.3 Å². The van der Waals surface area contributed by atoms with Gasteiger partial charge in [0.15, 0.2) is 6.04 Å². The first-order valence-corrected chi connectivity index (χ1v) is 7.88. The van der Waals surface area contributed by atoms with E-state index in [9.17, 15) is 14.7 Å². The Hall–Kier alpha value is -1.10. The van der Waals surface area contributed by atoms with Gasteiger partial charge in [0.25, 0.3) is 0 Å². The van der Waals surface area contributed by atoms with Gasteiger partial charge in [0.2, 0.25) is 5.91 Å². The average Bonchev–Trinajstić information content (AvgIpc) is 2.36. The molecule has 120 valence electrons. The highest BCUT2D eigenvalue weighted by Crippen LogP contribution is 2.43. The summed E-state index contributed by atoms with van der Waals surface area (Å²) in [5.41, 5.74) is 0.278. The molecule has 0 aromatic heterocycles. The van der Waals surface area contributed by atoms with Gasteiger partial charge in [-0.05, 0) is 36.5 Å². The van der Waals surface area contributed by atoms with E-state index in [4.69, 9.17) is 4.74 Å². The van der Waals surface area contributed by atoms with E-state index in [2.05, 4.69) is 20.8 Å². The van der Waals surface area contributed by atoms with Crippen molar-refractivity contribution in [3.8, 4) is 0 Å². The number of hydrogen-bond acceptors (Lipinski definition) is 3. The minimum Gasteiger partial charge on any atom is -0.480 e. The molecule has 1 saturated carbocycles. The van der Waals surface area contributed by atoms with Crippen molar-refractivity contribution in [3.63, 3.8) is 0 Å². The van der Waals surface area contributed by atoms with Crippen LogP contribution in [0, 0.1) is 17.3 Å². The number of rotatable bonds is 3. The molecular formula is C16H27NO4. The molecular weight excluding hydrogens is 270 g/mol. The van der Waals surface area contributed by atoms with Crippen molar-refractivity contribution in [3.05, 3.63) is 0 Å². The lowest BCUT2D eigenvalue weighted by molar-refractivity contribution is -0.159. The van der Waals surface area contributed by atoms with Crippen LogP contribution in [0.3, 0.4) is 0 Å². The maximum Gasteiger partial charge on any atom is 0.328 e. The Labute approximate surface area is 126 Å². The Bertz CT molecular complexity index is 407. The Balaban J connectivity index is 1.98. The van der Waals surface area contributed by atoms with Crippen LogP contribution in [-0.4, -0.2) is 47.7 Å². The van der Waals surface area contributed by atoms with Crippen molar-refractivity contribution in [2.24, 2.45) is 17.3 Å². The summed E-state index contributed by atoms with van der Waals surface area (Å²) in [7, 11) is 0. The van der Waals surface area contributed by atoms with Crippen LogP contribution in [0.1, 0.15) is 46.5 Å². The largest absolute Gasteiger partial charge is 0.480 e. The van der Waals surface area contributed by atoms with Gasteiger partial charge in [0.1, 0.15) is 0 Å². The lowest BCUT2D eigenvalue weighted by Crippen LogP contribution is -2.53. The molecule has 3 atom stereocenters. The van der Waals surface area contributed by atoms with Crippen LogP contribution in [0.25, 0.3) is 0 Å². The van der Waals surface area contributed by atoms with E-state index in [1.54, 1.807) is 0 Å². The van der Waals surface area contributed by atoms with Crippen LogP contribution in [0.5, 0.6) is 0 Å². The smallest absolute Gasteiger partial charge is 0.328 e. The third kappa shape index (κ3) is 4.19. The highest BCUT2D eigenvalue weighted by atomic mass is 16.5. The Morgan fingerprint density at radius 3 is 2.67 bits per heavy atom. The van der Waals surface area contributed by atoms with Crippen molar-refractivity contribution in [1.29, 1.82) is 0 Å². The molecule has 5 nitrogen and oxygen atoms in total. The second-order valence-corrected chi connectivity index (χ2v) is 7.50. The number of carboxylic acids is 1. The lowest BCUT2D eigenvalue weighted by Gasteiger charge is -2.40. The van der Waals surface area contributed by atoms with Gasteiger partial charge in [-0.15, -0.1) is 0 Å². The van der Waals surface area contributed by atoms with Gasteiger partial charge < -0.3 is 14.7 Å². The first kappa shape index (κ1) is 16.3. The quantitative estimate of drug-likeness (QED) is 0.867. The second-order valence-electron chi connectivity index (χ2n) is 7.50. The minimum atomic E-state index is -0.972. The summed E-state index contributed by atoms with van der Waals surface area (Å²) >= 11 is 0. The van der Waals surface area contributed by atoms with Crippen LogP contribution >= 0.6 is 0 Å². The molecule has 1 aliphatic heterocycles. The third-order valence-electron chi connectivity index (χ3n) is 4.68. The summed E-state index contributed by atoms with van der Waals surface area (Å²) in [6.45, 7) is 7.69. The number of hydrogen-bond donors (Lipinski definition) is 1. The van der Waals surface area contributed by atoms with E-state index < -0.39 is 12.0 Å². The minimum absolute atomic E-state index is 0.0272. The molecule has 1 N–H and O–H groups in total. The van der Waals surface area contributed by atoms with Crippen LogP contribution in [0.15, 0.2) is 0 Å². The number of nitrogens with zero attached hydrogens (tertiary/aromatic N) is 1. The molecule has 0 aromatic rings. The van der Waals surface area contributed by atoms with Gasteiger partial charge in [0, 0.05) is 13.0 Å². The third-order valence-corrected chi connectivity index (χ3v) is 4.68. The summed E-state index contributed by atoms with van der Waals surface area (Å²) in [6, 6.07) is -0.819. The first-order valence-electron chi connectivity index (χ1n) is 7.88. The number of carbonyl (C=O) groups excluding carboxylic acids is 1. The van der Waals surface area contributed by atoms with E-state index in [1.807, 2.05) is 0 Å². The molecule has 21 heavy (non-hydrogen) atoms. The molecule has 3 unspecified atom stereocenters. The first-order chi connectivity index (χ1) is 9.78. The van der Waals surface area contributed by atoms with Crippen LogP contribution in [0.4, 0.5) is 0 Å². The SMILES string of the molecule is CC1CC(CC(=O)N2CCOCC2C(=O)O)CC(C)(C)C1. The molecule has 1 aliphatic carbocycles. The molecule has 1 heterocycles. The van der Waals surface area contributed by atoms with E-state index in [-0.39, 0.29) is 17.9 Å². The van der Waals surface area contributed by atoms with E-state index in [0.29, 0.717) is 31.4 Å². The van der Waals surface area contributed by atoms with Gasteiger partial charge in [-0.2, -0.15) is 0 Å². The summed E-state index contributed by atoms with van der Waals surface area (Å²) in [5.74, 6) is 0.000965. The predicted molar refractivity (Wildman–Crippen MR) is 78.9 cm³/mol. The number of ether oxygens (including phenoxy) is 1. The fourth-order valence-electron chi connectivity index (χ4n) is 4.17. The zero-order chi connectivity index (χ0) is 15.6. The Morgan fingerprint density at radius 2 is 2.05 bits per heavy atom. The van der Waals surface area contributed by atoms with Crippen molar-refractivity contribution in [1.82, 2.24) is 4.90 Å².